The van der Waals surface area contributed by atoms with E-state index >= 15 is 0 Å². The number of hydrogen-bond acceptors (Lipinski definition) is 33. The number of pyridine rings is 5. The Hall–Kier alpha value is -11.4. The number of H-pyrrole nitrogens is 1. The highest BCUT2D eigenvalue weighted by Gasteiger charge is 2.26. The maximum atomic E-state index is 12.6. The van der Waals surface area contributed by atoms with Crippen LogP contribution in [0.5, 0.6) is 23.5 Å². The molecule has 2 aliphatic heterocycles. The van der Waals surface area contributed by atoms with E-state index in [2.05, 4.69) is 89.5 Å². The number of carboxylic acid groups (broad SMARTS) is 1. The number of nitrogens with two attached hydrogens (primary N) is 4. The van der Waals surface area contributed by atoms with Crippen molar-refractivity contribution in [1.29, 1.82) is 0 Å². The first-order valence-electron chi connectivity index (χ1n) is 38.9. The van der Waals surface area contributed by atoms with Gasteiger partial charge in [-0.3, -0.25) is 39.7 Å². The van der Waals surface area contributed by atoms with Crippen LogP contribution in [-0.4, -0.2) is 154 Å². The van der Waals surface area contributed by atoms with E-state index in [4.69, 9.17) is 70.4 Å². The molecule has 7 aromatic heterocycles. The number of carboxylic acids is 1. The zero-order valence-electron chi connectivity index (χ0n) is 68.7. The second kappa shape index (κ2) is 51.5. The van der Waals surface area contributed by atoms with Crippen molar-refractivity contribution in [2.24, 2.45) is 22.8 Å². The number of benzene rings is 3. The van der Waals surface area contributed by atoms with Crippen molar-refractivity contribution < 1.29 is 89.3 Å². The maximum Gasteiger partial charge on any atom is 0.313 e. The zero-order valence-corrected chi connectivity index (χ0v) is 72.7. The number of primary sulfonamides is 1. The number of Topliss-reactive ketones (excluding diaryl/α,β-unsaturated/α-hetero) is 1. The molecule has 123 heavy (non-hydrogen) atoms. The molecule has 3 aromatic carbocycles. The van der Waals surface area contributed by atoms with Gasteiger partial charge in [0.15, 0.2) is 0 Å². The fourth-order valence-electron chi connectivity index (χ4n) is 12.5. The first kappa shape index (κ1) is 97.0. The summed E-state index contributed by atoms with van der Waals surface area (Å²) >= 11 is 5.35. The molecule has 0 fully saturated rings. The number of hydrogen-bond donors (Lipinski definition) is 9. The normalized spacial score (nSPS) is 12.5. The van der Waals surface area contributed by atoms with Crippen molar-refractivity contribution in [2.45, 2.75) is 137 Å². The Labute approximate surface area is 728 Å². The number of aliphatic carboxylic acids is 1. The topological polar surface area (TPSA) is 501 Å². The first-order valence-corrected chi connectivity index (χ1v) is 43.1. The molecule has 3 atom stereocenters. The number of esters is 3. The van der Waals surface area contributed by atoms with Crippen LogP contribution in [0.25, 0.3) is 11.4 Å². The smallest absolute Gasteiger partial charge is 0.313 e. The lowest BCUT2D eigenvalue weighted by molar-refractivity contribution is -0.195. The third kappa shape index (κ3) is 32.4. The number of fused-ring (bicyclic) bond motifs is 2. The molecule has 0 bridgehead atoms. The van der Waals surface area contributed by atoms with Gasteiger partial charge in [0.1, 0.15) is 23.8 Å². The number of hydrazine groups is 1. The average Bonchev–Trinajstić information content (AvgIpc) is 1.66. The summed E-state index contributed by atoms with van der Waals surface area (Å²) in [6, 6.07) is 42.7. The number of aromatic amines is 1. The summed E-state index contributed by atoms with van der Waals surface area (Å²) in [6.07, 6.45) is 11.7. The van der Waals surface area contributed by atoms with E-state index < -0.39 is 33.8 Å². The minimum atomic E-state index is -3.60. The molecular weight excluding hydrogens is 1720 g/mol. The number of nitrogen functional groups attached to an aromatic ring is 1. The van der Waals surface area contributed by atoms with Gasteiger partial charge in [-0.15, -0.1) is 18.6 Å². The Morgan fingerprint density at radius 1 is 0.585 bits per heavy atom. The fraction of sp³-hybridized carbons (Fsp3) is 0.349. The molecule has 40 heteroatoms. The number of ether oxygens (including phenoxy) is 7. The molecule has 0 aliphatic carbocycles. The summed E-state index contributed by atoms with van der Waals surface area (Å²) in [6.45, 7) is 8.33. The van der Waals surface area contributed by atoms with E-state index in [0.717, 1.165) is 106 Å². The molecule has 2 aliphatic rings. The van der Waals surface area contributed by atoms with Crippen LogP contribution in [0.15, 0.2) is 184 Å². The number of aromatic nitrogens is 9. The van der Waals surface area contributed by atoms with Crippen molar-refractivity contribution >= 4 is 97.0 Å². The van der Waals surface area contributed by atoms with Gasteiger partial charge in [0.25, 0.3) is 5.56 Å². The van der Waals surface area contributed by atoms with Gasteiger partial charge in [0, 0.05) is 130 Å². The Bertz CT molecular complexity index is 5140. The van der Waals surface area contributed by atoms with Gasteiger partial charge in [0.2, 0.25) is 33.5 Å². The molecule has 12 rings (SSSR count). The first-order chi connectivity index (χ1) is 59.5. The summed E-state index contributed by atoms with van der Waals surface area (Å²) in [5, 5.41) is 30.1. The number of ketones is 1. The van der Waals surface area contributed by atoms with Gasteiger partial charge in [-0.2, -0.15) is 16.9 Å². The lowest BCUT2D eigenvalue weighted by Gasteiger charge is -2.17. The highest BCUT2D eigenvalue weighted by molar-refractivity contribution is 9.09. The minimum Gasteiger partial charge on any atom is -0.481 e. The van der Waals surface area contributed by atoms with Crippen LogP contribution >= 0.6 is 40.0 Å². The number of sulfonamides is 1. The van der Waals surface area contributed by atoms with E-state index in [1.807, 2.05) is 48.5 Å². The Morgan fingerprint density at radius 3 is 1.54 bits per heavy atom. The number of nitrogens with one attached hydrogen (secondary N) is 4. The number of carbonyl (C=O) groups excluding carboxylic acids is 4. The number of alkyl halides is 1. The number of nitrogens with zero attached hydrogens (tertiary/aromatic N) is 8. The van der Waals surface area contributed by atoms with E-state index in [-0.39, 0.29) is 79.4 Å². The molecule has 0 saturated heterocycles. The van der Waals surface area contributed by atoms with Crippen molar-refractivity contribution in [3.63, 3.8) is 0 Å². The van der Waals surface area contributed by atoms with E-state index in [1.165, 1.54) is 86.0 Å². The lowest BCUT2D eigenvalue weighted by Crippen LogP contribution is -2.17. The van der Waals surface area contributed by atoms with Gasteiger partial charge < -0.3 is 54.3 Å². The van der Waals surface area contributed by atoms with Gasteiger partial charge >= 0.3 is 23.9 Å². The quantitative estimate of drug-likeness (QED) is 0.00252. The van der Waals surface area contributed by atoms with Crippen molar-refractivity contribution in [2.75, 3.05) is 82.2 Å². The number of halogens is 1. The Balaban J connectivity index is 0.000000205. The summed E-state index contributed by atoms with van der Waals surface area (Å²) in [5.74, 6) is 15.3. The van der Waals surface area contributed by atoms with Crippen LogP contribution in [0, 0.1) is 0 Å². The van der Waals surface area contributed by atoms with Gasteiger partial charge in [-0.1, -0.05) is 46.3 Å². The van der Waals surface area contributed by atoms with Gasteiger partial charge in [-0.25, -0.2) is 47.8 Å². The molecule has 0 radical (unpaired) electrons. The predicted molar refractivity (Wildman–Crippen MR) is 462 cm³/mol. The number of aryl methyl sites for hydroxylation is 3. The molecule has 10 aromatic rings. The number of methoxy groups -OCH3 is 3. The zero-order chi connectivity index (χ0) is 88.5. The standard InChI is InChI=1S/C29H32N6O6S.C21H24N4O6S.C17H23NO6.C10H13BrN2.C6H9N3O2S/c1-38-26-11-5-20(18-32-26)21(16-28(36)37)15-23-17-27(35(34-23)24-7-9-25(10-8-24)42-41-40-30)39-14-12-22-6-4-19-3-2-13-31-29(19)33-22;1-3-29-21(27)11-15(14-4-9-19(28-2)23-13-14)10-16-12-20(26)25(24-16)17-5-7-18(8-6-17)32-31-30-22;1-4-23-16(20)9-13(8-14(19)10-17(21)24-5-2)12-6-7-15(22-3)18-11-12;11-6-5-9-4-3-8-2-1-7-12-10(8)13-9;7-9-5-1-3-6(4-2-5)12(8,10)11/h4-11,17-18,21H,2-3,12-16,30H2,1H3,(H,31,33)(H,36,37);4-9,12-13,15,24H,3,10-11,22H2,1-2H3;6-7,11,13H,4-5,8-10H2,1-3H3;3-4H,1-2,5-7H2,(H,12,13);1-4,9H,7H2,(H2,8,10,11). The molecule has 13 N–H and O–H groups in total. The minimum absolute atomic E-state index is 0.0334. The van der Waals surface area contributed by atoms with Gasteiger partial charge in [0.05, 0.1) is 113 Å². The fourth-order valence-corrected chi connectivity index (χ4v) is 14.2. The molecule has 0 spiro atoms. The van der Waals surface area contributed by atoms with Crippen molar-refractivity contribution in [3.05, 3.63) is 225 Å². The molecule has 658 valence electrons. The largest absolute Gasteiger partial charge is 0.481 e. The summed E-state index contributed by atoms with van der Waals surface area (Å²) in [5.41, 5.74) is 12.6. The predicted octanol–water partition coefficient (Wildman–Crippen LogP) is 11.0. The second-order valence-corrected chi connectivity index (χ2v) is 30.9. The average molecular weight is 1820 g/mol. The molecule has 0 saturated carbocycles. The number of rotatable bonds is 39. The molecule has 0 amide bonds. The SMILES string of the molecule is BrCCc1ccc2c(n1)NCCC2.CCOC(=O)CC(=O)CC(CC(=O)OCC)c1ccc(OC)nc1.CCOC(=O)CC(Cc1cc(=O)n(-c2ccc(SOON)cc2)[nH]1)c1ccc(OC)nc1.COc1ccc(C(CC(=O)O)Cc2cc(OCCc3ccc4c(n3)NCCC4)n(-c3ccc(SOON)cc3)n2)cn1.NNc1ccc(S(N)(=O)=O)cc1. The van der Waals surface area contributed by atoms with E-state index in [0.29, 0.717) is 84.3 Å². The lowest BCUT2D eigenvalue weighted by atomic mass is 9.91. The van der Waals surface area contributed by atoms with Crippen molar-refractivity contribution in [1.82, 2.24) is 44.5 Å². The highest BCUT2D eigenvalue weighted by atomic mass is 79.9. The maximum absolute atomic E-state index is 12.6. The van der Waals surface area contributed by atoms with Crippen LogP contribution in [0.2, 0.25) is 0 Å². The third-order valence-corrected chi connectivity index (χ3v) is 21.0. The monoisotopic (exact) mass is 1820 g/mol. The number of carbonyl (C=O) groups is 5. The van der Waals surface area contributed by atoms with Crippen LogP contribution in [0.1, 0.15) is 134 Å². The molecule has 3 unspecified atom stereocenters. The summed E-state index contributed by atoms with van der Waals surface area (Å²) in [7, 11) is 0.978. The highest BCUT2D eigenvalue weighted by Crippen LogP contribution is 2.33. The van der Waals surface area contributed by atoms with Gasteiger partial charge in [-0.05, 0) is 178 Å². The van der Waals surface area contributed by atoms with Crippen LogP contribution < -0.4 is 63.3 Å². The molecule has 9 heterocycles. The van der Waals surface area contributed by atoms with Crippen LogP contribution in [0.3, 0.4) is 0 Å². The molecular formula is C83H101BrN16O20S3. The van der Waals surface area contributed by atoms with Crippen LogP contribution in [-0.2, 0) is 105 Å². The number of anilines is 3. The Kier molecular flexibility index (Phi) is 40.6. The second-order valence-electron chi connectivity index (χ2n) is 27.0. The summed E-state index contributed by atoms with van der Waals surface area (Å²) in [4.78, 5) is 103. The van der Waals surface area contributed by atoms with Crippen molar-refractivity contribution in [3.8, 4) is 34.9 Å². The third-order valence-electron chi connectivity index (χ3n) is 18.4. The van der Waals surface area contributed by atoms with E-state index in [1.54, 1.807) is 92.6 Å². The van der Waals surface area contributed by atoms with Crippen LogP contribution in [0.4, 0.5) is 17.3 Å². The summed E-state index contributed by atoms with van der Waals surface area (Å²) < 4.78 is 70.3. The Morgan fingerprint density at radius 2 is 1.07 bits per heavy atom. The molecule has 36 nitrogen and oxygen atoms in total. The van der Waals surface area contributed by atoms with E-state index in [9.17, 15) is 42.3 Å².